The van der Waals surface area contributed by atoms with Crippen LogP contribution in [0.4, 0.5) is 0 Å². The van der Waals surface area contributed by atoms with Gasteiger partial charge in [-0.2, -0.15) is 0 Å². The summed E-state index contributed by atoms with van der Waals surface area (Å²) in [5.41, 5.74) is 0.412. The first kappa shape index (κ1) is 10.4. The van der Waals surface area contributed by atoms with Crippen LogP contribution in [0.2, 0.25) is 0 Å². The number of hydrogen-bond donors (Lipinski definition) is 2. The van der Waals surface area contributed by atoms with E-state index in [0.717, 1.165) is 0 Å². The molecule has 1 saturated heterocycles. The lowest BCUT2D eigenvalue weighted by molar-refractivity contribution is -0.178. The molecule has 0 aromatic heterocycles. The second kappa shape index (κ2) is 3.77. The third-order valence-electron chi connectivity index (χ3n) is 2.51. The molecule has 0 radical (unpaired) electrons. The van der Waals surface area contributed by atoms with Gasteiger partial charge in [-0.1, -0.05) is 0 Å². The van der Waals surface area contributed by atoms with Crippen molar-refractivity contribution in [2.24, 2.45) is 0 Å². The molecule has 1 fully saturated rings. The highest BCUT2D eigenvalue weighted by atomic mass is 16.6. The van der Waals surface area contributed by atoms with Crippen LogP contribution in [0.25, 0.3) is 0 Å². The van der Waals surface area contributed by atoms with E-state index in [1.165, 1.54) is 18.2 Å². The maximum atomic E-state index is 11.2. The zero-order valence-electron chi connectivity index (χ0n) is 8.22. The largest absolute Gasteiger partial charge is 0.395 e. The van der Waals surface area contributed by atoms with Crippen LogP contribution in [0.3, 0.4) is 0 Å². The zero-order chi connectivity index (χ0) is 10.9. The highest BCUT2D eigenvalue weighted by Gasteiger charge is 2.39. The molecule has 0 spiro atoms. The molecule has 0 amide bonds. The minimum atomic E-state index is -1.50. The number of aliphatic hydroxyl groups is 2. The Morgan fingerprint density at radius 2 is 2.40 bits per heavy atom. The quantitative estimate of drug-likeness (QED) is 0.614. The van der Waals surface area contributed by atoms with Gasteiger partial charge in [0, 0.05) is 19.2 Å². The van der Waals surface area contributed by atoms with Crippen LogP contribution in [0, 0.1) is 0 Å². The van der Waals surface area contributed by atoms with Crippen molar-refractivity contribution in [2.45, 2.75) is 5.79 Å². The Bertz CT molecular complexity index is 334. The lowest BCUT2D eigenvalue weighted by Crippen LogP contribution is -2.50. The van der Waals surface area contributed by atoms with Gasteiger partial charge >= 0.3 is 0 Å². The summed E-state index contributed by atoms with van der Waals surface area (Å²) >= 11 is 0. The first-order valence-corrected chi connectivity index (χ1v) is 4.83. The average Bonchev–Trinajstić information content (AvgIpc) is 2.21. The van der Waals surface area contributed by atoms with Gasteiger partial charge in [0.15, 0.2) is 5.78 Å². The molecule has 1 heterocycles. The van der Waals surface area contributed by atoms with Gasteiger partial charge in [-0.3, -0.25) is 4.79 Å². The minimum Gasteiger partial charge on any atom is -0.395 e. The number of ketones is 1. The normalized spacial score (nSPS) is 30.1. The highest BCUT2D eigenvalue weighted by Crippen LogP contribution is 2.30. The van der Waals surface area contributed by atoms with E-state index in [9.17, 15) is 9.90 Å². The summed E-state index contributed by atoms with van der Waals surface area (Å²) in [6.45, 7) is 1.30. The first-order valence-electron chi connectivity index (χ1n) is 4.83. The minimum absolute atomic E-state index is 0.0225. The number of allylic oxidation sites excluding steroid dienone is 2. The number of carbonyl (C=O) groups is 1. The third-order valence-corrected chi connectivity index (χ3v) is 2.51. The molecule has 0 aromatic carbocycles. The molecular formula is C10H13NO4. The predicted molar refractivity (Wildman–Crippen MR) is 51.8 cm³/mol. The summed E-state index contributed by atoms with van der Waals surface area (Å²) < 4.78 is 5.22. The van der Waals surface area contributed by atoms with E-state index < -0.39 is 5.79 Å². The second-order valence-corrected chi connectivity index (χ2v) is 3.52. The Kier molecular flexibility index (Phi) is 2.60. The Morgan fingerprint density at radius 3 is 3.13 bits per heavy atom. The predicted octanol–water partition coefficient (Wildman–Crippen LogP) is -0.978. The van der Waals surface area contributed by atoms with Crippen molar-refractivity contribution >= 4 is 5.78 Å². The molecule has 2 rings (SSSR count). The Labute approximate surface area is 87.3 Å². The first-order chi connectivity index (χ1) is 7.15. The number of fused-ring (bicyclic) bond motifs is 1. The van der Waals surface area contributed by atoms with Crippen molar-refractivity contribution in [3.05, 3.63) is 23.9 Å². The van der Waals surface area contributed by atoms with Crippen LogP contribution in [0.1, 0.15) is 0 Å². The van der Waals surface area contributed by atoms with Crippen molar-refractivity contribution in [1.82, 2.24) is 4.90 Å². The van der Waals surface area contributed by atoms with Crippen molar-refractivity contribution in [2.75, 3.05) is 26.3 Å². The molecule has 1 aliphatic carbocycles. The molecule has 2 N–H and O–H groups in total. The zero-order valence-corrected chi connectivity index (χ0v) is 8.22. The monoisotopic (exact) mass is 211 g/mol. The number of nitrogens with zero attached hydrogens (tertiary/aromatic N) is 1. The van der Waals surface area contributed by atoms with Gasteiger partial charge in [0.2, 0.25) is 5.79 Å². The summed E-state index contributed by atoms with van der Waals surface area (Å²) in [6, 6.07) is 0. The fourth-order valence-electron chi connectivity index (χ4n) is 1.79. The Balaban J connectivity index is 2.28. The van der Waals surface area contributed by atoms with Gasteiger partial charge in [-0.15, -0.1) is 0 Å². The van der Waals surface area contributed by atoms with E-state index in [0.29, 0.717) is 25.4 Å². The van der Waals surface area contributed by atoms with Gasteiger partial charge in [-0.25, -0.2) is 0 Å². The molecule has 1 aliphatic heterocycles. The average molecular weight is 211 g/mol. The third kappa shape index (κ3) is 1.81. The summed E-state index contributed by atoms with van der Waals surface area (Å²) in [5, 5.41) is 18.9. The van der Waals surface area contributed by atoms with E-state index in [1.54, 1.807) is 4.90 Å². The molecule has 0 bridgehead atoms. The Hall–Kier alpha value is -1.17. The number of morpholine rings is 1. The maximum Gasteiger partial charge on any atom is 0.228 e. The lowest BCUT2D eigenvalue weighted by atomic mass is 10.0. The summed E-state index contributed by atoms with van der Waals surface area (Å²) in [7, 11) is 0. The summed E-state index contributed by atoms with van der Waals surface area (Å²) in [6.07, 6.45) is 3.97. The van der Waals surface area contributed by atoms with E-state index in [2.05, 4.69) is 0 Å². The van der Waals surface area contributed by atoms with Crippen LogP contribution in [-0.4, -0.2) is 53.0 Å². The van der Waals surface area contributed by atoms with Crippen LogP contribution in [0.5, 0.6) is 0 Å². The molecule has 5 nitrogen and oxygen atoms in total. The SMILES string of the molecule is O=C1C=CC2(O)OCCN(CCO)C2=C1. The standard InChI is InChI=1S/C10H13NO4/c12-5-3-11-4-6-15-10(14)2-1-8(13)7-9(10)11/h1-2,7,12,14H,3-6H2. The van der Waals surface area contributed by atoms with Crippen molar-refractivity contribution < 1.29 is 19.7 Å². The highest BCUT2D eigenvalue weighted by molar-refractivity contribution is 6.01. The molecule has 5 heteroatoms. The van der Waals surface area contributed by atoms with Crippen molar-refractivity contribution in [1.29, 1.82) is 0 Å². The number of hydrogen-bond acceptors (Lipinski definition) is 5. The second-order valence-electron chi connectivity index (χ2n) is 3.52. The molecule has 2 aliphatic rings. The number of β-amino-alcohol motifs (C(OH)–C–C–N with tert-alkyl or cyclic N) is 1. The van der Waals surface area contributed by atoms with E-state index >= 15 is 0 Å². The summed E-state index contributed by atoms with van der Waals surface area (Å²) in [4.78, 5) is 12.9. The van der Waals surface area contributed by atoms with Gasteiger partial charge in [0.25, 0.3) is 0 Å². The smallest absolute Gasteiger partial charge is 0.228 e. The fourth-order valence-corrected chi connectivity index (χ4v) is 1.79. The number of rotatable bonds is 2. The van der Waals surface area contributed by atoms with Crippen molar-refractivity contribution in [3.8, 4) is 0 Å². The van der Waals surface area contributed by atoms with E-state index in [1.807, 2.05) is 0 Å². The van der Waals surface area contributed by atoms with Crippen LogP contribution in [-0.2, 0) is 9.53 Å². The van der Waals surface area contributed by atoms with Crippen molar-refractivity contribution in [3.63, 3.8) is 0 Å². The molecule has 15 heavy (non-hydrogen) atoms. The summed E-state index contributed by atoms with van der Waals surface area (Å²) in [5.74, 6) is -1.68. The number of carbonyl (C=O) groups excluding carboxylic acids is 1. The molecule has 82 valence electrons. The van der Waals surface area contributed by atoms with Gasteiger partial charge in [0.1, 0.15) is 0 Å². The number of ether oxygens (including phenoxy) is 1. The van der Waals surface area contributed by atoms with E-state index in [4.69, 9.17) is 9.84 Å². The molecule has 0 aromatic rings. The molecular weight excluding hydrogens is 198 g/mol. The Morgan fingerprint density at radius 1 is 1.60 bits per heavy atom. The maximum absolute atomic E-state index is 11.2. The van der Waals surface area contributed by atoms with Crippen LogP contribution >= 0.6 is 0 Å². The lowest BCUT2D eigenvalue weighted by Gasteiger charge is -2.41. The fraction of sp³-hybridized carbons (Fsp3) is 0.500. The molecule has 1 atom stereocenters. The van der Waals surface area contributed by atoms with Crippen LogP contribution < -0.4 is 0 Å². The molecule has 1 unspecified atom stereocenters. The number of aliphatic hydroxyl groups excluding tert-OH is 1. The van der Waals surface area contributed by atoms with E-state index in [-0.39, 0.29) is 12.4 Å². The molecule has 0 saturated carbocycles. The van der Waals surface area contributed by atoms with Gasteiger partial charge < -0.3 is 19.8 Å². The van der Waals surface area contributed by atoms with Gasteiger partial charge in [-0.05, 0) is 12.2 Å². The topological polar surface area (TPSA) is 70.0 Å². The van der Waals surface area contributed by atoms with Crippen LogP contribution in [0.15, 0.2) is 23.9 Å². The van der Waals surface area contributed by atoms with Gasteiger partial charge in [0.05, 0.1) is 18.9 Å².